The van der Waals surface area contributed by atoms with E-state index in [9.17, 15) is 0 Å². The van der Waals surface area contributed by atoms with Crippen LogP contribution in [0.5, 0.6) is 0 Å². The van der Waals surface area contributed by atoms with Crippen molar-refractivity contribution in [3.63, 3.8) is 0 Å². The first-order chi connectivity index (χ1) is 28.7. The molecule has 0 aliphatic heterocycles. The second-order valence-electron chi connectivity index (χ2n) is 14.2. The average molecular weight is 742 g/mol. The normalized spacial score (nSPS) is 11.4. The third-order valence-electron chi connectivity index (χ3n) is 10.6. The molecule has 11 rings (SSSR count). The number of hydrogen-bond donors (Lipinski definition) is 0. The predicted molar refractivity (Wildman–Crippen MR) is 234 cm³/mol. The Labute approximate surface area is 333 Å². The van der Waals surface area contributed by atoms with Gasteiger partial charge < -0.3 is 0 Å². The zero-order valence-electron chi connectivity index (χ0n) is 31.0. The van der Waals surface area contributed by atoms with Gasteiger partial charge in [-0.15, -0.1) is 0 Å². The summed E-state index contributed by atoms with van der Waals surface area (Å²) < 4.78 is 0. The van der Waals surface area contributed by atoms with Crippen LogP contribution >= 0.6 is 0 Å². The zero-order chi connectivity index (χ0) is 38.4. The Bertz CT molecular complexity index is 3190. The van der Waals surface area contributed by atoms with Gasteiger partial charge in [0.1, 0.15) is 5.69 Å². The van der Waals surface area contributed by atoms with E-state index in [0.717, 1.165) is 71.7 Å². The highest BCUT2D eigenvalue weighted by molar-refractivity contribution is 6.15. The van der Waals surface area contributed by atoms with E-state index in [2.05, 4.69) is 114 Å². The van der Waals surface area contributed by atoms with Crippen LogP contribution in [0.15, 0.2) is 188 Å². The maximum absolute atomic E-state index is 5.41. The Kier molecular flexibility index (Phi) is 8.00. The molecule has 0 aliphatic carbocycles. The summed E-state index contributed by atoms with van der Waals surface area (Å²) in [5.74, 6) is 2.02. The van der Waals surface area contributed by atoms with E-state index in [1.807, 2.05) is 66.7 Å². The van der Waals surface area contributed by atoms with Crippen molar-refractivity contribution in [1.82, 2.24) is 34.9 Å². The van der Waals surface area contributed by atoms with Crippen LogP contribution in [-0.4, -0.2) is 34.9 Å². The number of hydrogen-bond acceptors (Lipinski definition) is 7. The molecule has 0 spiro atoms. The molecule has 0 bridgehead atoms. The van der Waals surface area contributed by atoms with Crippen LogP contribution < -0.4 is 0 Å². The van der Waals surface area contributed by atoms with Gasteiger partial charge in [0.05, 0.1) is 17.1 Å². The fourth-order valence-electron chi connectivity index (χ4n) is 7.85. The quantitative estimate of drug-likeness (QED) is 0.157. The molecule has 0 saturated heterocycles. The second-order valence-corrected chi connectivity index (χ2v) is 14.2. The van der Waals surface area contributed by atoms with Gasteiger partial charge in [0.25, 0.3) is 0 Å². The van der Waals surface area contributed by atoms with E-state index in [1.165, 1.54) is 10.8 Å². The van der Waals surface area contributed by atoms with Crippen LogP contribution in [0.3, 0.4) is 0 Å². The molecule has 0 N–H and O–H groups in total. The van der Waals surface area contributed by atoms with Crippen molar-refractivity contribution in [3.8, 4) is 68.3 Å². The first-order valence-electron chi connectivity index (χ1n) is 19.1. The molecule has 11 aromatic rings. The van der Waals surface area contributed by atoms with Gasteiger partial charge in [0.2, 0.25) is 0 Å². The van der Waals surface area contributed by atoms with Crippen LogP contribution in [0.25, 0.3) is 111 Å². The summed E-state index contributed by atoms with van der Waals surface area (Å²) in [7, 11) is 0. The third kappa shape index (κ3) is 5.90. The number of aromatic nitrogens is 7. The highest BCUT2D eigenvalue weighted by atomic mass is 15.1. The Morgan fingerprint density at radius 2 is 0.810 bits per heavy atom. The monoisotopic (exact) mass is 741 g/mol. The molecular formula is C51H31N7. The highest BCUT2D eigenvalue weighted by Gasteiger charge is 2.20. The predicted octanol–water partition coefficient (Wildman–Crippen LogP) is 12.1. The van der Waals surface area contributed by atoms with Gasteiger partial charge >= 0.3 is 0 Å². The van der Waals surface area contributed by atoms with E-state index in [0.29, 0.717) is 29.0 Å². The molecule has 0 unspecified atom stereocenters. The number of benzene rings is 7. The van der Waals surface area contributed by atoms with Crippen molar-refractivity contribution < 1.29 is 0 Å². The minimum absolute atomic E-state index is 0.428. The maximum atomic E-state index is 5.41. The largest absolute Gasteiger partial charge is 0.255 e. The first kappa shape index (κ1) is 33.3. The molecule has 0 fully saturated rings. The molecule has 7 aromatic carbocycles. The molecule has 0 atom stereocenters. The average Bonchev–Trinajstić information content (AvgIpc) is 3.31. The lowest BCUT2D eigenvalue weighted by molar-refractivity contribution is 1.05. The fourth-order valence-corrected chi connectivity index (χ4v) is 7.85. The molecule has 7 heteroatoms. The summed E-state index contributed by atoms with van der Waals surface area (Å²) in [5.41, 5.74) is 6.43. The molecule has 58 heavy (non-hydrogen) atoms. The van der Waals surface area contributed by atoms with Gasteiger partial charge in [-0.1, -0.05) is 133 Å². The number of nitrogens with zero attached hydrogens (tertiary/aromatic N) is 7. The molecule has 270 valence electrons. The minimum Gasteiger partial charge on any atom is -0.255 e. The van der Waals surface area contributed by atoms with Crippen LogP contribution in [0.2, 0.25) is 0 Å². The van der Waals surface area contributed by atoms with E-state index >= 15 is 0 Å². The van der Waals surface area contributed by atoms with Crippen molar-refractivity contribution >= 4 is 43.1 Å². The summed E-state index contributed by atoms with van der Waals surface area (Å²) in [4.78, 5) is 35.2. The van der Waals surface area contributed by atoms with Crippen molar-refractivity contribution in [3.05, 3.63) is 188 Å². The molecular weight excluding hydrogens is 711 g/mol. The highest BCUT2D eigenvalue weighted by Crippen LogP contribution is 2.39. The number of rotatable bonds is 6. The lowest BCUT2D eigenvalue weighted by Crippen LogP contribution is -2.04. The van der Waals surface area contributed by atoms with Crippen molar-refractivity contribution in [2.24, 2.45) is 0 Å². The Hall–Kier alpha value is -8.03. The van der Waals surface area contributed by atoms with Crippen molar-refractivity contribution in [2.75, 3.05) is 0 Å². The molecule has 4 heterocycles. The second kappa shape index (κ2) is 13.9. The van der Waals surface area contributed by atoms with E-state index in [-0.39, 0.29) is 0 Å². The molecule has 0 saturated carbocycles. The SMILES string of the molecule is c1ccc(-c2nc(-c3ccc(-c4ccccn4)nc3)nc(-c3cc(-c4cc5ccccc5c5ccccc45)nc(-c4cc5ccccc5c5ccccc45)n3)n2)cc1. The van der Waals surface area contributed by atoms with E-state index in [4.69, 9.17) is 29.9 Å². The van der Waals surface area contributed by atoms with Gasteiger partial charge in [-0.25, -0.2) is 24.9 Å². The van der Waals surface area contributed by atoms with Gasteiger partial charge in [0.15, 0.2) is 23.3 Å². The summed E-state index contributed by atoms with van der Waals surface area (Å²) in [6.07, 6.45) is 3.55. The summed E-state index contributed by atoms with van der Waals surface area (Å²) in [6, 6.07) is 60.1. The smallest absolute Gasteiger partial charge is 0.182 e. The van der Waals surface area contributed by atoms with Gasteiger partial charge in [-0.2, -0.15) is 0 Å². The maximum Gasteiger partial charge on any atom is 0.182 e. The topological polar surface area (TPSA) is 90.2 Å². The first-order valence-corrected chi connectivity index (χ1v) is 19.1. The van der Waals surface area contributed by atoms with Crippen LogP contribution in [-0.2, 0) is 0 Å². The van der Waals surface area contributed by atoms with Crippen LogP contribution in [0.4, 0.5) is 0 Å². The van der Waals surface area contributed by atoms with Gasteiger partial charge in [-0.3, -0.25) is 9.97 Å². The Balaban J connectivity index is 1.18. The standard InChI is InChI=1S/C51H31N7/c1-2-14-32(15-3-1)48-56-49(35-25-26-45(53-31-35)44-24-12-13-27-52-44)58-51(57-48)47-30-46(42-28-33-16-4-6-18-36(33)38-20-8-10-22-40(38)42)54-50(55-47)43-29-34-17-5-7-19-37(34)39-21-9-11-23-41(39)43/h1-31H. The van der Waals surface area contributed by atoms with Crippen LogP contribution in [0.1, 0.15) is 0 Å². The molecule has 0 radical (unpaired) electrons. The summed E-state index contributed by atoms with van der Waals surface area (Å²) in [5, 5.41) is 9.06. The number of fused-ring (bicyclic) bond motifs is 6. The van der Waals surface area contributed by atoms with Gasteiger partial charge in [0, 0.05) is 34.6 Å². The molecule has 0 aliphatic rings. The Morgan fingerprint density at radius 1 is 0.276 bits per heavy atom. The Morgan fingerprint density at radius 3 is 1.47 bits per heavy atom. The number of pyridine rings is 2. The lowest BCUT2D eigenvalue weighted by Gasteiger charge is -2.15. The van der Waals surface area contributed by atoms with E-state index < -0.39 is 0 Å². The molecule has 0 amide bonds. The summed E-state index contributed by atoms with van der Waals surface area (Å²) in [6.45, 7) is 0. The van der Waals surface area contributed by atoms with Crippen LogP contribution in [0, 0.1) is 0 Å². The van der Waals surface area contributed by atoms with Crippen molar-refractivity contribution in [1.29, 1.82) is 0 Å². The summed E-state index contributed by atoms with van der Waals surface area (Å²) >= 11 is 0. The van der Waals surface area contributed by atoms with E-state index in [1.54, 1.807) is 12.4 Å². The minimum atomic E-state index is 0.428. The lowest BCUT2D eigenvalue weighted by atomic mass is 9.94. The molecule has 7 nitrogen and oxygen atoms in total. The molecule has 4 aromatic heterocycles. The van der Waals surface area contributed by atoms with Gasteiger partial charge in [-0.05, 0) is 85.6 Å². The fraction of sp³-hybridized carbons (Fsp3) is 0. The third-order valence-corrected chi connectivity index (χ3v) is 10.6. The zero-order valence-corrected chi connectivity index (χ0v) is 31.0. The van der Waals surface area contributed by atoms with Crippen molar-refractivity contribution in [2.45, 2.75) is 0 Å².